The van der Waals surface area contributed by atoms with Gasteiger partial charge in [-0.2, -0.15) is 0 Å². The first kappa shape index (κ1) is 11.7. The first-order valence-electron chi connectivity index (χ1n) is 6.04. The number of carbonyl (C=O) groups excluding carboxylic acids is 1. The SMILES string of the molecule is CCC(C)NC(=O)Cc1ccc2cc[nH]c2c1. The van der Waals surface area contributed by atoms with Crippen molar-refractivity contribution in [3.63, 3.8) is 0 Å². The van der Waals surface area contributed by atoms with Crippen molar-refractivity contribution in [1.82, 2.24) is 10.3 Å². The van der Waals surface area contributed by atoms with Crippen molar-refractivity contribution in [2.75, 3.05) is 0 Å². The van der Waals surface area contributed by atoms with E-state index in [2.05, 4.69) is 17.2 Å². The molecule has 1 aromatic carbocycles. The number of hydrogen-bond acceptors (Lipinski definition) is 1. The highest BCUT2D eigenvalue weighted by Crippen LogP contribution is 2.14. The van der Waals surface area contributed by atoms with Crippen LogP contribution in [0.25, 0.3) is 10.9 Å². The van der Waals surface area contributed by atoms with Crippen LogP contribution in [-0.2, 0) is 11.2 Å². The predicted molar refractivity (Wildman–Crippen MR) is 69.9 cm³/mol. The van der Waals surface area contributed by atoms with Crippen molar-refractivity contribution in [3.8, 4) is 0 Å². The van der Waals surface area contributed by atoms with Crippen LogP contribution in [0.1, 0.15) is 25.8 Å². The minimum absolute atomic E-state index is 0.0882. The van der Waals surface area contributed by atoms with Gasteiger partial charge in [0, 0.05) is 17.8 Å². The summed E-state index contributed by atoms with van der Waals surface area (Å²) in [5.74, 6) is 0.0882. The molecule has 0 spiro atoms. The van der Waals surface area contributed by atoms with Gasteiger partial charge in [-0.1, -0.05) is 19.1 Å². The number of aromatic nitrogens is 1. The molecule has 2 rings (SSSR count). The van der Waals surface area contributed by atoms with Crippen molar-refractivity contribution in [1.29, 1.82) is 0 Å². The van der Waals surface area contributed by atoms with Gasteiger partial charge < -0.3 is 10.3 Å². The van der Waals surface area contributed by atoms with Gasteiger partial charge in [-0.05, 0) is 36.4 Å². The Hall–Kier alpha value is -1.77. The number of nitrogens with one attached hydrogen (secondary N) is 2. The van der Waals surface area contributed by atoms with Crippen LogP contribution in [0.5, 0.6) is 0 Å². The number of fused-ring (bicyclic) bond motifs is 1. The topological polar surface area (TPSA) is 44.9 Å². The number of aromatic amines is 1. The highest BCUT2D eigenvalue weighted by Gasteiger charge is 2.07. The smallest absolute Gasteiger partial charge is 0.224 e. The van der Waals surface area contributed by atoms with Gasteiger partial charge in [-0.3, -0.25) is 4.79 Å². The van der Waals surface area contributed by atoms with Crippen LogP contribution in [-0.4, -0.2) is 16.9 Å². The molecule has 1 heterocycles. The molecule has 0 aliphatic carbocycles. The van der Waals surface area contributed by atoms with E-state index < -0.39 is 0 Å². The average Bonchev–Trinajstić information content (AvgIpc) is 2.75. The molecule has 0 aliphatic heterocycles. The number of carbonyl (C=O) groups is 1. The Morgan fingerprint density at radius 3 is 3.00 bits per heavy atom. The van der Waals surface area contributed by atoms with Crippen LogP contribution in [0, 0.1) is 0 Å². The van der Waals surface area contributed by atoms with Crippen molar-refractivity contribution in [3.05, 3.63) is 36.0 Å². The summed E-state index contributed by atoms with van der Waals surface area (Å²) in [5, 5.41) is 4.15. The summed E-state index contributed by atoms with van der Waals surface area (Å²) in [6, 6.07) is 8.35. The molecular weight excluding hydrogens is 212 g/mol. The van der Waals surface area contributed by atoms with Crippen LogP contribution in [0.4, 0.5) is 0 Å². The summed E-state index contributed by atoms with van der Waals surface area (Å²) in [6.07, 6.45) is 3.31. The maximum atomic E-state index is 11.7. The normalized spacial score (nSPS) is 12.6. The zero-order chi connectivity index (χ0) is 12.3. The van der Waals surface area contributed by atoms with Gasteiger partial charge in [0.2, 0.25) is 5.91 Å². The maximum absolute atomic E-state index is 11.7. The summed E-state index contributed by atoms with van der Waals surface area (Å²) in [5.41, 5.74) is 2.12. The lowest BCUT2D eigenvalue weighted by molar-refractivity contribution is -0.121. The third kappa shape index (κ3) is 2.87. The third-order valence-corrected chi connectivity index (χ3v) is 3.00. The highest BCUT2D eigenvalue weighted by atomic mass is 16.1. The Kier molecular flexibility index (Phi) is 3.47. The first-order valence-corrected chi connectivity index (χ1v) is 6.04. The van der Waals surface area contributed by atoms with E-state index in [0.717, 1.165) is 17.5 Å². The summed E-state index contributed by atoms with van der Waals surface area (Å²) in [7, 11) is 0. The fourth-order valence-corrected chi connectivity index (χ4v) is 1.82. The molecule has 2 aromatic rings. The van der Waals surface area contributed by atoms with Crippen LogP contribution in [0.3, 0.4) is 0 Å². The minimum atomic E-state index is 0.0882. The lowest BCUT2D eigenvalue weighted by Crippen LogP contribution is -2.33. The molecule has 0 saturated carbocycles. The fraction of sp³-hybridized carbons (Fsp3) is 0.357. The highest BCUT2D eigenvalue weighted by molar-refractivity contribution is 5.83. The molecule has 3 nitrogen and oxygen atoms in total. The molecule has 1 unspecified atom stereocenters. The molecular formula is C14H18N2O. The Labute approximate surface area is 101 Å². The van der Waals surface area contributed by atoms with E-state index in [1.165, 1.54) is 5.39 Å². The molecule has 0 radical (unpaired) electrons. The molecule has 0 aliphatic rings. The molecule has 1 aromatic heterocycles. The predicted octanol–water partition coefficient (Wildman–Crippen LogP) is 2.63. The van der Waals surface area contributed by atoms with Gasteiger partial charge in [0.15, 0.2) is 0 Å². The van der Waals surface area contributed by atoms with Crippen LogP contribution < -0.4 is 5.32 Å². The van der Waals surface area contributed by atoms with E-state index in [-0.39, 0.29) is 11.9 Å². The Bertz CT molecular complexity index is 516. The summed E-state index contributed by atoms with van der Waals surface area (Å²) in [4.78, 5) is 14.9. The third-order valence-electron chi connectivity index (χ3n) is 3.00. The van der Waals surface area contributed by atoms with Crippen LogP contribution in [0.15, 0.2) is 30.5 Å². The number of H-pyrrole nitrogens is 1. The largest absolute Gasteiger partial charge is 0.361 e. The Morgan fingerprint density at radius 1 is 1.41 bits per heavy atom. The van der Waals surface area contributed by atoms with Gasteiger partial charge in [-0.25, -0.2) is 0 Å². The van der Waals surface area contributed by atoms with E-state index in [1.54, 1.807) is 0 Å². The van der Waals surface area contributed by atoms with Gasteiger partial charge in [-0.15, -0.1) is 0 Å². The zero-order valence-electron chi connectivity index (χ0n) is 10.3. The monoisotopic (exact) mass is 230 g/mol. The van der Waals surface area contributed by atoms with E-state index in [9.17, 15) is 4.79 Å². The van der Waals surface area contributed by atoms with Gasteiger partial charge in [0.05, 0.1) is 6.42 Å². The second kappa shape index (κ2) is 5.04. The second-order valence-electron chi connectivity index (χ2n) is 4.45. The molecule has 0 saturated heterocycles. The minimum Gasteiger partial charge on any atom is -0.361 e. The van der Waals surface area contributed by atoms with Crippen LogP contribution >= 0.6 is 0 Å². The zero-order valence-corrected chi connectivity index (χ0v) is 10.3. The number of rotatable bonds is 4. The Balaban J connectivity index is 2.05. The van der Waals surface area contributed by atoms with Gasteiger partial charge in [0.1, 0.15) is 0 Å². The lowest BCUT2D eigenvalue weighted by atomic mass is 10.1. The molecule has 0 bridgehead atoms. The van der Waals surface area contributed by atoms with Crippen LogP contribution in [0.2, 0.25) is 0 Å². The van der Waals surface area contributed by atoms with E-state index in [4.69, 9.17) is 0 Å². The fourth-order valence-electron chi connectivity index (χ4n) is 1.82. The molecule has 1 atom stereocenters. The quantitative estimate of drug-likeness (QED) is 0.833. The average molecular weight is 230 g/mol. The van der Waals surface area contributed by atoms with Gasteiger partial charge >= 0.3 is 0 Å². The molecule has 17 heavy (non-hydrogen) atoms. The molecule has 2 N–H and O–H groups in total. The number of amides is 1. The standard InChI is InChI=1S/C14H18N2O/c1-3-10(2)16-14(17)9-11-4-5-12-6-7-15-13(12)8-11/h4-8,10,15H,3,9H2,1-2H3,(H,16,17). The van der Waals surface area contributed by atoms with Crippen molar-refractivity contribution in [2.24, 2.45) is 0 Å². The molecule has 1 amide bonds. The molecule has 0 fully saturated rings. The van der Waals surface area contributed by atoms with Crippen molar-refractivity contribution >= 4 is 16.8 Å². The Morgan fingerprint density at radius 2 is 2.24 bits per heavy atom. The van der Waals surface area contributed by atoms with Crippen molar-refractivity contribution < 1.29 is 4.79 Å². The lowest BCUT2D eigenvalue weighted by Gasteiger charge is -2.11. The number of hydrogen-bond donors (Lipinski definition) is 2. The van der Waals surface area contributed by atoms with E-state index in [1.807, 2.05) is 37.4 Å². The molecule has 90 valence electrons. The maximum Gasteiger partial charge on any atom is 0.224 e. The van der Waals surface area contributed by atoms with E-state index in [0.29, 0.717) is 6.42 Å². The second-order valence-corrected chi connectivity index (χ2v) is 4.45. The number of benzene rings is 1. The van der Waals surface area contributed by atoms with E-state index >= 15 is 0 Å². The summed E-state index contributed by atoms with van der Waals surface area (Å²) >= 11 is 0. The van der Waals surface area contributed by atoms with Gasteiger partial charge in [0.25, 0.3) is 0 Å². The summed E-state index contributed by atoms with van der Waals surface area (Å²) in [6.45, 7) is 4.09. The summed E-state index contributed by atoms with van der Waals surface area (Å²) < 4.78 is 0. The first-order chi connectivity index (χ1) is 8.19. The van der Waals surface area contributed by atoms with Crippen molar-refractivity contribution in [2.45, 2.75) is 32.7 Å². The molecule has 3 heteroatoms.